The highest BCUT2D eigenvalue weighted by atomic mass is 79.9. The van der Waals surface area contributed by atoms with Crippen LogP contribution in [0.15, 0.2) is 27.1 Å². The molecule has 0 saturated heterocycles. The normalized spacial score (nSPS) is 15.1. The maximum absolute atomic E-state index is 5.71. The molecular formula is C12H15Br2NO. The molecule has 0 heterocycles. The molecule has 1 N–H and O–H groups in total. The van der Waals surface area contributed by atoms with Gasteiger partial charge in [-0.15, -0.1) is 0 Å². The van der Waals surface area contributed by atoms with Gasteiger partial charge in [0.15, 0.2) is 0 Å². The van der Waals surface area contributed by atoms with Crippen molar-refractivity contribution in [2.75, 3.05) is 19.7 Å². The van der Waals surface area contributed by atoms with E-state index >= 15 is 0 Å². The van der Waals surface area contributed by atoms with E-state index in [1.807, 2.05) is 18.2 Å². The predicted octanol–water partition coefficient (Wildman–Crippen LogP) is 3.59. The summed E-state index contributed by atoms with van der Waals surface area (Å²) in [4.78, 5) is 0. The maximum Gasteiger partial charge on any atom is 0.147 e. The lowest BCUT2D eigenvalue weighted by atomic mass is 10.3. The van der Waals surface area contributed by atoms with Gasteiger partial charge in [-0.25, -0.2) is 0 Å². The van der Waals surface area contributed by atoms with E-state index in [9.17, 15) is 0 Å². The van der Waals surface area contributed by atoms with Gasteiger partial charge in [0, 0.05) is 6.54 Å². The van der Waals surface area contributed by atoms with Crippen LogP contribution in [0, 0.1) is 5.92 Å². The molecule has 2 nitrogen and oxygen atoms in total. The average Bonchev–Trinajstić information content (AvgIpc) is 3.05. The van der Waals surface area contributed by atoms with Crippen molar-refractivity contribution in [1.82, 2.24) is 5.32 Å². The van der Waals surface area contributed by atoms with Crippen molar-refractivity contribution in [3.8, 4) is 5.75 Å². The molecule has 88 valence electrons. The molecule has 1 aliphatic rings. The molecule has 0 aromatic heterocycles. The number of para-hydroxylation sites is 1. The Bertz CT molecular complexity index is 333. The fourth-order valence-electron chi connectivity index (χ4n) is 1.47. The van der Waals surface area contributed by atoms with Gasteiger partial charge >= 0.3 is 0 Å². The summed E-state index contributed by atoms with van der Waals surface area (Å²) in [6.07, 6.45) is 2.78. The summed E-state index contributed by atoms with van der Waals surface area (Å²) >= 11 is 6.95. The van der Waals surface area contributed by atoms with Crippen LogP contribution in [0.2, 0.25) is 0 Å². The van der Waals surface area contributed by atoms with Crippen LogP contribution >= 0.6 is 31.9 Å². The second kappa shape index (κ2) is 6.03. The fraction of sp³-hybridized carbons (Fsp3) is 0.500. The maximum atomic E-state index is 5.71. The molecule has 0 aliphatic heterocycles. The van der Waals surface area contributed by atoms with Gasteiger partial charge in [0.05, 0.1) is 8.95 Å². The predicted molar refractivity (Wildman–Crippen MR) is 72.9 cm³/mol. The van der Waals surface area contributed by atoms with Gasteiger partial charge in [-0.05, 0) is 69.3 Å². The minimum atomic E-state index is 0.702. The van der Waals surface area contributed by atoms with Crippen LogP contribution < -0.4 is 10.1 Å². The largest absolute Gasteiger partial charge is 0.490 e. The molecule has 0 spiro atoms. The molecule has 1 saturated carbocycles. The third kappa shape index (κ3) is 3.75. The molecule has 1 fully saturated rings. The number of ether oxygens (including phenoxy) is 1. The molecule has 2 rings (SSSR count). The first-order chi connectivity index (χ1) is 7.77. The molecule has 0 atom stereocenters. The van der Waals surface area contributed by atoms with Crippen molar-refractivity contribution in [3.05, 3.63) is 27.1 Å². The minimum Gasteiger partial charge on any atom is -0.490 e. The number of rotatable bonds is 6. The summed E-state index contributed by atoms with van der Waals surface area (Å²) < 4.78 is 7.69. The quantitative estimate of drug-likeness (QED) is 0.793. The fourth-order valence-corrected chi connectivity index (χ4v) is 2.70. The first-order valence-electron chi connectivity index (χ1n) is 5.55. The minimum absolute atomic E-state index is 0.702. The van der Waals surface area contributed by atoms with Crippen molar-refractivity contribution in [2.24, 2.45) is 5.92 Å². The Kier molecular flexibility index (Phi) is 4.67. The standard InChI is InChI=1S/C12H15Br2NO/c13-10-2-1-3-11(14)12(10)16-7-6-15-8-9-4-5-9/h1-3,9,15H,4-8H2. The second-order valence-corrected chi connectivity index (χ2v) is 5.76. The first kappa shape index (κ1) is 12.4. The Morgan fingerprint density at radius 2 is 1.94 bits per heavy atom. The summed E-state index contributed by atoms with van der Waals surface area (Å²) in [6.45, 7) is 2.75. The van der Waals surface area contributed by atoms with Gasteiger partial charge in [0.25, 0.3) is 0 Å². The highest BCUT2D eigenvalue weighted by Gasteiger charge is 2.19. The van der Waals surface area contributed by atoms with E-state index in [1.165, 1.54) is 12.8 Å². The average molecular weight is 349 g/mol. The number of nitrogens with one attached hydrogen (secondary N) is 1. The van der Waals surface area contributed by atoms with Crippen molar-refractivity contribution in [2.45, 2.75) is 12.8 Å². The van der Waals surface area contributed by atoms with Crippen LogP contribution in [0.25, 0.3) is 0 Å². The Balaban J connectivity index is 1.71. The summed E-state index contributed by atoms with van der Waals surface area (Å²) in [5.41, 5.74) is 0. The molecule has 0 bridgehead atoms. The van der Waals surface area contributed by atoms with E-state index in [4.69, 9.17) is 4.74 Å². The SMILES string of the molecule is Brc1cccc(Br)c1OCCNCC1CC1. The van der Waals surface area contributed by atoms with Crippen LogP contribution in [0.1, 0.15) is 12.8 Å². The lowest BCUT2D eigenvalue weighted by molar-refractivity contribution is 0.309. The van der Waals surface area contributed by atoms with E-state index in [0.29, 0.717) is 6.61 Å². The Hall–Kier alpha value is -0.0600. The summed E-state index contributed by atoms with van der Waals surface area (Å²) in [5, 5.41) is 3.40. The monoisotopic (exact) mass is 347 g/mol. The third-order valence-electron chi connectivity index (χ3n) is 2.57. The van der Waals surface area contributed by atoms with Gasteiger partial charge in [-0.1, -0.05) is 6.07 Å². The van der Waals surface area contributed by atoms with Crippen molar-refractivity contribution in [1.29, 1.82) is 0 Å². The zero-order valence-corrected chi connectivity index (χ0v) is 12.2. The number of hydrogen-bond acceptors (Lipinski definition) is 2. The van der Waals surface area contributed by atoms with Crippen molar-refractivity contribution < 1.29 is 4.74 Å². The highest BCUT2D eigenvalue weighted by molar-refractivity contribution is 9.11. The topological polar surface area (TPSA) is 21.3 Å². The summed E-state index contributed by atoms with van der Waals surface area (Å²) in [7, 11) is 0. The highest BCUT2D eigenvalue weighted by Crippen LogP contribution is 2.32. The number of benzene rings is 1. The zero-order chi connectivity index (χ0) is 11.4. The summed E-state index contributed by atoms with van der Waals surface area (Å²) in [5.74, 6) is 1.81. The molecule has 4 heteroatoms. The van der Waals surface area contributed by atoms with E-state index in [-0.39, 0.29) is 0 Å². The number of halogens is 2. The van der Waals surface area contributed by atoms with E-state index < -0.39 is 0 Å². The molecule has 1 aromatic rings. The Labute approximate surface area is 113 Å². The van der Waals surface area contributed by atoms with Crippen LogP contribution in [-0.4, -0.2) is 19.7 Å². The smallest absolute Gasteiger partial charge is 0.147 e. The van der Waals surface area contributed by atoms with E-state index in [1.54, 1.807) is 0 Å². The van der Waals surface area contributed by atoms with Crippen LogP contribution in [0.3, 0.4) is 0 Å². The lowest BCUT2D eigenvalue weighted by Gasteiger charge is -2.10. The van der Waals surface area contributed by atoms with Gasteiger partial charge in [0.2, 0.25) is 0 Å². The van der Waals surface area contributed by atoms with Gasteiger partial charge in [-0.3, -0.25) is 0 Å². The van der Waals surface area contributed by atoms with E-state index in [0.717, 1.165) is 33.7 Å². The molecule has 16 heavy (non-hydrogen) atoms. The first-order valence-corrected chi connectivity index (χ1v) is 7.13. The molecule has 0 amide bonds. The van der Waals surface area contributed by atoms with Crippen LogP contribution in [-0.2, 0) is 0 Å². The third-order valence-corrected chi connectivity index (χ3v) is 3.82. The van der Waals surface area contributed by atoms with Gasteiger partial charge in [-0.2, -0.15) is 0 Å². The molecule has 0 unspecified atom stereocenters. The van der Waals surface area contributed by atoms with Crippen LogP contribution in [0.5, 0.6) is 5.75 Å². The Morgan fingerprint density at radius 3 is 2.56 bits per heavy atom. The molecule has 1 aliphatic carbocycles. The van der Waals surface area contributed by atoms with Gasteiger partial charge < -0.3 is 10.1 Å². The van der Waals surface area contributed by atoms with Crippen molar-refractivity contribution >= 4 is 31.9 Å². The molecular weight excluding hydrogens is 334 g/mol. The van der Waals surface area contributed by atoms with Crippen molar-refractivity contribution in [3.63, 3.8) is 0 Å². The second-order valence-electron chi connectivity index (χ2n) is 4.05. The van der Waals surface area contributed by atoms with E-state index in [2.05, 4.69) is 37.2 Å². The summed E-state index contributed by atoms with van der Waals surface area (Å²) in [6, 6.07) is 5.95. The zero-order valence-electron chi connectivity index (χ0n) is 9.01. The van der Waals surface area contributed by atoms with Gasteiger partial charge in [0.1, 0.15) is 12.4 Å². The lowest BCUT2D eigenvalue weighted by Crippen LogP contribution is -2.23. The number of hydrogen-bond donors (Lipinski definition) is 1. The molecule has 0 radical (unpaired) electrons. The molecule has 1 aromatic carbocycles. The Morgan fingerprint density at radius 1 is 1.25 bits per heavy atom. The van der Waals surface area contributed by atoms with Crippen LogP contribution in [0.4, 0.5) is 0 Å².